The molecule has 0 aliphatic rings. The number of carbonyl (C=O) groups is 1. The van der Waals surface area contributed by atoms with E-state index in [1.54, 1.807) is 26.2 Å². The second-order valence-corrected chi connectivity index (χ2v) is 8.21. The van der Waals surface area contributed by atoms with E-state index in [2.05, 4.69) is 5.32 Å². The highest BCUT2D eigenvalue weighted by molar-refractivity contribution is 7.92. The van der Waals surface area contributed by atoms with Gasteiger partial charge in [0.15, 0.2) is 0 Å². The molecule has 0 radical (unpaired) electrons. The maximum absolute atomic E-state index is 12.8. The summed E-state index contributed by atoms with van der Waals surface area (Å²) >= 11 is 0. The van der Waals surface area contributed by atoms with Crippen molar-refractivity contribution in [1.29, 1.82) is 0 Å². The number of hydrogen-bond donors (Lipinski definition) is 1. The molecule has 27 heavy (non-hydrogen) atoms. The van der Waals surface area contributed by atoms with Gasteiger partial charge < -0.3 is 10.1 Å². The van der Waals surface area contributed by atoms with Crippen LogP contribution in [0.15, 0.2) is 48.5 Å². The molecule has 0 spiro atoms. The minimum Gasteiger partial charge on any atom is -0.496 e. The molecular formula is C20H26N2O4S. The molecular weight excluding hydrogens is 364 g/mol. The van der Waals surface area contributed by atoms with Gasteiger partial charge in [0.25, 0.3) is 0 Å². The largest absolute Gasteiger partial charge is 0.496 e. The van der Waals surface area contributed by atoms with Crippen molar-refractivity contribution in [3.8, 4) is 5.75 Å². The Balaban J connectivity index is 2.25. The van der Waals surface area contributed by atoms with Crippen molar-refractivity contribution in [1.82, 2.24) is 5.32 Å². The molecule has 0 saturated heterocycles. The summed E-state index contributed by atoms with van der Waals surface area (Å²) < 4.78 is 31.3. The highest BCUT2D eigenvalue weighted by atomic mass is 32.2. The summed E-state index contributed by atoms with van der Waals surface area (Å²) in [5.41, 5.74) is 2.31. The SMILES string of the molecule is CC[C@H](C(=O)NCc1ccccc1OC)N(c1ccc(C)cc1)S(C)(=O)=O. The minimum absolute atomic E-state index is 0.255. The van der Waals surface area contributed by atoms with Crippen LogP contribution in [0.2, 0.25) is 0 Å². The first-order valence-corrected chi connectivity index (χ1v) is 10.6. The van der Waals surface area contributed by atoms with Crippen LogP contribution in [0.1, 0.15) is 24.5 Å². The molecule has 2 aromatic rings. The van der Waals surface area contributed by atoms with E-state index in [0.29, 0.717) is 17.9 Å². The molecule has 7 heteroatoms. The van der Waals surface area contributed by atoms with E-state index in [4.69, 9.17) is 4.74 Å². The Kier molecular flexibility index (Phi) is 6.85. The number of rotatable bonds is 8. The number of carbonyl (C=O) groups excluding carboxylic acids is 1. The van der Waals surface area contributed by atoms with Gasteiger partial charge in [-0.2, -0.15) is 0 Å². The van der Waals surface area contributed by atoms with Crippen molar-refractivity contribution in [2.75, 3.05) is 17.7 Å². The van der Waals surface area contributed by atoms with E-state index < -0.39 is 16.1 Å². The first kappa shape index (κ1) is 20.8. The van der Waals surface area contributed by atoms with Crippen molar-refractivity contribution in [2.45, 2.75) is 32.9 Å². The fourth-order valence-corrected chi connectivity index (χ4v) is 4.11. The van der Waals surface area contributed by atoms with Crippen LogP contribution in [0, 0.1) is 6.92 Å². The summed E-state index contributed by atoms with van der Waals surface area (Å²) in [4.78, 5) is 12.8. The van der Waals surface area contributed by atoms with Crippen LogP contribution in [-0.2, 0) is 21.4 Å². The predicted octanol–water partition coefficient (Wildman–Crippen LogP) is 2.86. The van der Waals surface area contributed by atoms with E-state index >= 15 is 0 Å². The number of sulfonamides is 1. The van der Waals surface area contributed by atoms with Crippen LogP contribution in [0.25, 0.3) is 0 Å². The summed E-state index contributed by atoms with van der Waals surface area (Å²) in [7, 11) is -2.07. The highest BCUT2D eigenvalue weighted by Gasteiger charge is 2.31. The van der Waals surface area contributed by atoms with E-state index in [-0.39, 0.29) is 12.5 Å². The lowest BCUT2D eigenvalue weighted by atomic mass is 10.1. The second kappa shape index (κ2) is 8.90. The van der Waals surface area contributed by atoms with Crippen LogP contribution in [-0.4, -0.2) is 33.7 Å². The molecule has 146 valence electrons. The van der Waals surface area contributed by atoms with Gasteiger partial charge in [0.2, 0.25) is 15.9 Å². The Morgan fingerprint density at radius 1 is 1.15 bits per heavy atom. The average Bonchev–Trinajstić information content (AvgIpc) is 2.64. The van der Waals surface area contributed by atoms with Crippen molar-refractivity contribution in [3.63, 3.8) is 0 Å². The third-order valence-corrected chi connectivity index (χ3v) is 5.44. The molecule has 0 aromatic heterocycles. The summed E-state index contributed by atoms with van der Waals surface area (Å²) in [6, 6.07) is 13.6. The molecule has 2 rings (SSSR count). The topological polar surface area (TPSA) is 75.7 Å². The van der Waals surface area contributed by atoms with Crippen molar-refractivity contribution < 1.29 is 17.9 Å². The van der Waals surface area contributed by atoms with E-state index in [9.17, 15) is 13.2 Å². The molecule has 0 bridgehead atoms. The average molecular weight is 391 g/mol. The fourth-order valence-electron chi connectivity index (χ4n) is 2.90. The molecule has 6 nitrogen and oxygen atoms in total. The van der Waals surface area contributed by atoms with E-state index in [1.807, 2.05) is 43.3 Å². The van der Waals surface area contributed by atoms with Gasteiger partial charge in [-0.15, -0.1) is 0 Å². The van der Waals surface area contributed by atoms with Gasteiger partial charge in [0.05, 0.1) is 19.1 Å². The monoisotopic (exact) mass is 390 g/mol. The molecule has 0 heterocycles. The van der Waals surface area contributed by atoms with Crippen LogP contribution in [0.5, 0.6) is 5.75 Å². The maximum Gasteiger partial charge on any atom is 0.244 e. The molecule has 0 aliphatic heterocycles. The molecule has 2 aromatic carbocycles. The van der Waals surface area contributed by atoms with Gasteiger partial charge in [-0.05, 0) is 31.5 Å². The standard InChI is InChI=1S/C20H26N2O4S/c1-5-18(20(23)21-14-16-8-6-7-9-19(16)26-3)22(27(4,24)25)17-12-10-15(2)11-13-17/h6-13,18H,5,14H2,1-4H3,(H,21,23)/t18-/m1/s1. The predicted molar refractivity (Wildman–Crippen MR) is 107 cm³/mol. The number of para-hydroxylation sites is 1. The zero-order chi connectivity index (χ0) is 20.0. The Morgan fingerprint density at radius 2 is 1.78 bits per heavy atom. The number of amides is 1. The number of nitrogens with zero attached hydrogens (tertiary/aromatic N) is 1. The number of aryl methyl sites for hydroxylation is 1. The third-order valence-electron chi connectivity index (χ3n) is 4.26. The number of nitrogens with one attached hydrogen (secondary N) is 1. The Labute approximate surface area is 161 Å². The molecule has 1 atom stereocenters. The summed E-state index contributed by atoms with van der Waals surface area (Å²) in [6.07, 6.45) is 1.46. The van der Waals surface area contributed by atoms with Crippen molar-refractivity contribution in [3.05, 3.63) is 59.7 Å². The van der Waals surface area contributed by atoms with Crippen LogP contribution in [0.3, 0.4) is 0 Å². The Bertz CT molecular complexity index is 879. The minimum atomic E-state index is -3.64. The number of anilines is 1. The van der Waals surface area contributed by atoms with E-state index in [1.165, 1.54) is 4.31 Å². The normalized spacial score (nSPS) is 12.3. The third kappa shape index (κ3) is 5.23. The Morgan fingerprint density at radius 3 is 2.33 bits per heavy atom. The summed E-state index contributed by atoms with van der Waals surface area (Å²) in [5, 5.41) is 2.83. The molecule has 0 saturated carbocycles. The number of methoxy groups -OCH3 is 1. The van der Waals surface area contributed by atoms with Gasteiger partial charge >= 0.3 is 0 Å². The number of hydrogen-bond acceptors (Lipinski definition) is 4. The lowest BCUT2D eigenvalue weighted by molar-refractivity contribution is -0.122. The zero-order valence-corrected chi connectivity index (χ0v) is 16.9. The van der Waals surface area contributed by atoms with Crippen molar-refractivity contribution >= 4 is 21.6 Å². The molecule has 1 amide bonds. The molecule has 1 N–H and O–H groups in total. The lowest BCUT2D eigenvalue weighted by Crippen LogP contribution is -2.49. The zero-order valence-electron chi connectivity index (χ0n) is 16.1. The molecule has 0 fully saturated rings. The molecule has 0 unspecified atom stereocenters. The number of benzene rings is 2. The first-order chi connectivity index (χ1) is 12.8. The maximum atomic E-state index is 12.8. The smallest absolute Gasteiger partial charge is 0.244 e. The van der Waals surface area contributed by atoms with Crippen LogP contribution >= 0.6 is 0 Å². The van der Waals surface area contributed by atoms with Gasteiger partial charge in [0, 0.05) is 12.1 Å². The molecule has 0 aliphatic carbocycles. The highest BCUT2D eigenvalue weighted by Crippen LogP contribution is 2.23. The first-order valence-electron chi connectivity index (χ1n) is 8.73. The second-order valence-electron chi connectivity index (χ2n) is 6.35. The van der Waals surface area contributed by atoms with Crippen molar-refractivity contribution in [2.24, 2.45) is 0 Å². The number of ether oxygens (including phenoxy) is 1. The Hall–Kier alpha value is -2.54. The van der Waals surface area contributed by atoms with Gasteiger partial charge in [-0.3, -0.25) is 9.10 Å². The fraction of sp³-hybridized carbons (Fsp3) is 0.350. The quantitative estimate of drug-likeness (QED) is 0.752. The van der Waals surface area contributed by atoms with Crippen LogP contribution < -0.4 is 14.4 Å². The van der Waals surface area contributed by atoms with Gasteiger partial charge in [-0.25, -0.2) is 8.42 Å². The lowest BCUT2D eigenvalue weighted by Gasteiger charge is -2.30. The van der Waals surface area contributed by atoms with Gasteiger partial charge in [-0.1, -0.05) is 42.8 Å². The summed E-state index contributed by atoms with van der Waals surface area (Å²) in [5.74, 6) is 0.318. The van der Waals surface area contributed by atoms with Gasteiger partial charge in [0.1, 0.15) is 11.8 Å². The summed E-state index contributed by atoms with van der Waals surface area (Å²) in [6.45, 7) is 3.97. The van der Waals surface area contributed by atoms with E-state index in [0.717, 1.165) is 17.4 Å². The van der Waals surface area contributed by atoms with Crippen LogP contribution in [0.4, 0.5) is 5.69 Å².